The Morgan fingerprint density at radius 1 is 1.22 bits per heavy atom. The Labute approximate surface area is 116 Å². The monoisotopic (exact) mass is 279 g/mol. The minimum absolute atomic E-state index is 0. The van der Waals surface area contributed by atoms with Crippen LogP contribution in [-0.2, 0) is 6.54 Å². The molecule has 3 aromatic rings. The van der Waals surface area contributed by atoms with Crippen LogP contribution in [0.4, 0.5) is 0 Å². The SMILES string of the molecule is Cc1cc2snc(Cn3ccnc3)c2cc1C.Cl. The average Bonchev–Trinajstić information content (AvgIpc) is 2.92. The van der Waals surface area contributed by atoms with Crippen molar-refractivity contribution in [2.24, 2.45) is 0 Å². The average molecular weight is 280 g/mol. The Morgan fingerprint density at radius 2 is 2.00 bits per heavy atom. The molecule has 0 spiro atoms. The van der Waals surface area contributed by atoms with E-state index in [9.17, 15) is 0 Å². The molecule has 5 heteroatoms. The second kappa shape index (κ2) is 5.08. The number of hydrogen-bond acceptors (Lipinski definition) is 3. The number of halogens is 1. The minimum Gasteiger partial charge on any atom is -0.331 e. The Bertz CT molecular complexity index is 658. The van der Waals surface area contributed by atoms with Gasteiger partial charge < -0.3 is 4.57 Å². The summed E-state index contributed by atoms with van der Waals surface area (Å²) in [6.45, 7) is 5.08. The standard InChI is InChI=1S/C13H13N3S.ClH/c1-9-5-11-12(7-16-4-3-14-8-16)15-17-13(11)6-10(9)2;/h3-6,8H,7H2,1-2H3;1H. The number of benzene rings is 1. The van der Waals surface area contributed by atoms with Crippen molar-refractivity contribution in [3.05, 3.63) is 47.7 Å². The lowest BCUT2D eigenvalue weighted by atomic mass is 10.1. The molecule has 18 heavy (non-hydrogen) atoms. The van der Waals surface area contributed by atoms with E-state index in [1.54, 1.807) is 17.7 Å². The summed E-state index contributed by atoms with van der Waals surface area (Å²) in [6.07, 6.45) is 5.59. The van der Waals surface area contributed by atoms with E-state index in [1.165, 1.54) is 21.2 Å². The van der Waals surface area contributed by atoms with Gasteiger partial charge in [0.1, 0.15) is 0 Å². The Kier molecular flexibility index (Phi) is 3.68. The lowest BCUT2D eigenvalue weighted by molar-refractivity contribution is 0.788. The summed E-state index contributed by atoms with van der Waals surface area (Å²) in [5.74, 6) is 0. The van der Waals surface area contributed by atoms with E-state index in [0.29, 0.717) is 0 Å². The summed E-state index contributed by atoms with van der Waals surface area (Å²) in [7, 11) is 0. The fraction of sp³-hybridized carbons (Fsp3) is 0.231. The topological polar surface area (TPSA) is 30.7 Å². The van der Waals surface area contributed by atoms with Gasteiger partial charge in [0.25, 0.3) is 0 Å². The number of aromatic nitrogens is 3. The molecule has 0 fully saturated rings. The van der Waals surface area contributed by atoms with E-state index in [0.717, 1.165) is 12.2 Å². The largest absolute Gasteiger partial charge is 0.331 e. The summed E-state index contributed by atoms with van der Waals surface area (Å²) < 4.78 is 7.86. The first kappa shape index (κ1) is 13.1. The zero-order chi connectivity index (χ0) is 11.8. The van der Waals surface area contributed by atoms with Crippen LogP contribution in [0.1, 0.15) is 16.8 Å². The third-order valence-corrected chi connectivity index (χ3v) is 3.90. The molecule has 0 bridgehead atoms. The predicted octanol–water partition coefficient (Wildman–Crippen LogP) is 3.58. The molecule has 0 radical (unpaired) electrons. The molecule has 1 aromatic carbocycles. The highest BCUT2D eigenvalue weighted by atomic mass is 35.5. The molecule has 94 valence electrons. The lowest BCUT2D eigenvalue weighted by Crippen LogP contribution is -1.96. The quantitative estimate of drug-likeness (QED) is 0.718. The van der Waals surface area contributed by atoms with Gasteiger partial charge in [-0.15, -0.1) is 12.4 Å². The molecule has 2 heterocycles. The van der Waals surface area contributed by atoms with Gasteiger partial charge >= 0.3 is 0 Å². The first-order valence-corrected chi connectivity index (χ1v) is 6.32. The van der Waals surface area contributed by atoms with Crippen LogP contribution < -0.4 is 0 Å². The van der Waals surface area contributed by atoms with E-state index in [2.05, 4.69) is 35.3 Å². The van der Waals surface area contributed by atoms with Crippen molar-refractivity contribution in [2.75, 3.05) is 0 Å². The molecule has 0 amide bonds. The minimum atomic E-state index is 0. The summed E-state index contributed by atoms with van der Waals surface area (Å²) in [4.78, 5) is 4.05. The molecule has 0 saturated heterocycles. The number of hydrogen-bond donors (Lipinski definition) is 0. The van der Waals surface area contributed by atoms with E-state index in [1.807, 2.05) is 17.1 Å². The fourth-order valence-corrected chi connectivity index (χ4v) is 2.78. The summed E-state index contributed by atoms with van der Waals surface area (Å²) in [5, 5.41) is 1.27. The van der Waals surface area contributed by atoms with Crippen molar-refractivity contribution in [2.45, 2.75) is 20.4 Å². The zero-order valence-electron chi connectivity index (χ0n) is 10.3. The van der Waals surface area contributed by atoms with E-state index in [4.69, 9.17) is 0 Å². The summed E-state index contributed by atoms with van der Waals surface area (Å²) in [5.41, 5.74) is 3.78. The first-order valence-electron chi connectivity index (χ1n) is 5.55. The van der Waals surface area contributed by atoms with Crippen LogP contribution in [0.25, 0.3) is 10.1 Å². The second-order valence-electron chi connectivity index (χ2n) is 4.30. The van der Waals surface area contributed by atoms with Crippen molar-refractivity contribution in [3.8, 4) is 0 Å². The van der Waals surface area contributed by atoms with Crippen LogP contribution in [0.3, 0.4) is 0 Å². The van der Waals surface area contributed by atoms with E-state index < -0.39 is 0 Å². The van der Waals surface area contributed by atoms with Crippen LogP contribution in [0.5, 0.6) is 0 Å². The molecule has 0 saturated carbocycles. The molecule has 2 aromatic heterocycles. The van der Waals surface area contributed by atoms with Crippen molar-refractivity contribution in [1.29, 1.82) is 0 Å². The third kappa shape index (κ3) is 2.26. The number of nitrogens with zero attached hydrogens (tertiary/aromatic N) is 3. The molecule has 0 aliphatic heterocycles. The molecule has 0 aliphatic rings. The van der Waals surface area contributed by atoms with Crippen LogP contribution >= 0.6 is 23.9 Å². The van der Waals surface area contributed by atoms with Crippen LogP contribution in [0, 0.1) is 13.8 Å². The van der Waals surface area contributed by atoms with Gasteiger partial charge in [0.2, 0.25) is 0 Å². The molecule has 0 atom stereocenters. The van der Waals surface area contributed by atoms with Crippen molar-refractivity contribution in [3.63, 3.8) is 0 Å². The van der Waals surface area contributed by atoms with Crippen LogP contribution in [0.2, 0.25) is 0 Å². The van der Waals surface area contributed by atoms with Gasteiger partial charge in [-0.2, -0.15) is 4.37 Å². The van der Waals surface area contributed by atoms with E-state index >= 15 is 0 Å². The lowest BCUT2D eigenvalue weighted by Gasteiger charge is -2.02. The van der Waals surface area contributed by atoms with Gasteiger partial charge in [-0.3, -0.25) is 0 Å². The maximum atomic E-state index is 4.55. The number of fused-ring (bicyclic) bond motifs is 1. The van der Waals surface area contributed by atoms with Gasteiger partial charge in [-0.1, -0.05) is 0 Å². The zero-order valence-corrected chi connectivity index (χ0v) is 11.9. The Hall–Kier alpha value is -1.39. The normalized spacial score (nSPS) is 10.6. The molecule has 3 nitrogen and oxygen atoms in total. The highest BCUT2D eigenvalue weighted by Crippen LogP contribution is 2.26. The van der Waals surface area contributed by atoms with Crippen LogP contribution in [-0.4, -0.2) is 13.9 Å². The Morgan fingerprint density at radius 3 is 2.72 bits per heavy atom. The third-order valence-electron chi connectivity index (χ3n) is 3.05. The Balaban J connectivity index is 0.00000120. The molecule has 0 N–H and O–H groups in total. The highest BCUT2D eigenvalue weighted by molar-refractivity contribution is 7.13. The molecular weight excluding hydrogens is 266 g/mol. The second-order valence-corrected chi connectivity index (χ2v) is 5.10. The molecular formula is C13H14ClN3S. The number of imidazole rings is 1. The summed E-state index contributed by atoms with van der Waals surface area (Å²) >= 11 is 1.57. The summed E-state index contributed by atoms with van der Waals surface area (Å²) in [6, 6.07) is 4.46. The van der Waals surface area contributed by atoms with Crippen molar-refractivity contribution < 1.29 is 0 Å². The first-order chi connectivity index (χ1) is 8.24. The van der Waals surface area contributed by atoms with Gasteiger partial charge in [0, 0.05) is 17.8 Å². The predicted molar refractivity (Wildman–Crippen MR) is 77.7 cm³/mol. The number of rotatable bonds is 2. The fourth-order valence-electron chi connectivity index (χ4n) is 1.91. The van der Waals surface area contributed by atoms with Crippen molar-refractivity contribution in [1.82, 2.24) is 13.9 Å². The molecule has 0 unspecified atom stereocenters. The smallest absolute Gasteiger partial charge is 0.0949 e. The highest BCUT2D eigenvalue weighted by Gasteiger charge is 2.08. The molecule has 3 rings (SSSR count). The van der Waals surface area contributed by atoms with Gasteiger partial charge in [-0.25, -0.2) is 4.98 Å². The van der Waals surface area contributed by atoms with Gasteiger partial charge in [0.15, 0.2) is 0 Å². The maximum Gasteiger partial charge on any atom is 0.0949 e. The molecule has 0 aliphatic carbocycles. The number of aryl methyl sites for hydroxylation is 2. The van der Waals surface area contributed by atoms with Gasteiger partial charge in [0.05, 0.1) is 23.3 Å². The van der Waals surface area contributed by atoms with Crippen LogP contribution in [0.15, 0.2) is 30.9 Å². The van der Waals surface area contributed by atoms with E-state index in [-0.39, 0.29) is 12.4 Å². The van der Waals surface area contributed by atoms with Crippen molar-refractivity contribution >= 4 is 34.0 Å². The van der Waals surface area contributed by atoms with Gasteiger partial charge in [-0.05, 0) is 48.6 Å². The maximum absolute atomic E-state index is 4.55.